The molecule has 0 saturated carbocycles. The highest BCUT2D eigenvalue weighted by Crippen LogP contribution is 2.42. The van der Waals surface area contributed by atoms with Gasteiger partial charge in [-0.2, -0.15) is 0 Å². The molecule has 0 radical (unpaired) electrons. The first kappa shape index (κ1) is 21.8. The summed E-state index contributed by atoms with van der Waals surface area (Å²) in [5, 5.41) is 35.0. The van der Waals surface area contributed by atoms with Crippen molar-refractivity contribution in [3.8, 4) is 28.4 Å². The number of phenols is 3. The molecule has 0 amide bonds. The maximum atomic E-state index is 11.4. The normalized spacial score (nSPS) is 12.1. The zero-order chi connectivity index (χ0) is 24.6. The summed E-state index contributed by atoms with van der Waals surface area (Å²) in [5.74, 6) is 0.220. The number of rotatable bonds is 4. The molecule has 0 fully saturated rings. The van der Waals surface area contributed by atoms with E-state index in [1.165, 1.54) is 0 Å². The van der Waals surface area contributed by atoms with Crippen LogP contribution in [0.1, 0.15) is 22.6 Å². The van der Waals surface area contributed by atoms with Crippen molar-refractivity contribution >= 4 is 21.5 Å². The van der Waals surface area contributed by atoms with Gasteiger partial charge in [-0.3, -0.25) is 0 Å². The lowest BCUT2D eigenvalue weighted by Gasteiger charge is -2.22. The Hall–Kier alpha value is -4.76. The lowest BCUT2D eigenvalue weighted by Crippen LogP contribution is -2.04. The molecule has 0 aliphatic heterocycles. The standard InChI is InChI=1S/C33H24O3/c34-28-15-12-23-8-11-26(18-27(23)19-28)32(25-9-6-22(7-10-25)21-4-2-1-3-5-21)30-17-14-24-13-16-29(35)20-31(24)33(30)36/h1-20,32,34-36H. The molecule has 1 unspecified atom stereocenters. The number of benzene rings is 6. The van der Waals surface area contributed by atoms with Crippen molar-refractivity contribution in [1.29, 1.82) is 0 Å². The SMILES string of the molecule is Oc1ccc2ccc(C(c3ccc(-c4ccccc4)cc3)c3ccc4ccc(O)cc4c3O)cc2c1. The first-order valence-electron chi connectivity index (χ1n) is 11.9. The van der Waals surface area contributed by atoms with Crippen LogP contribution in [0, 0.1) is 0 Å². The highest BCUT2D eigenvalue weighted by atomic mass is 16.3. The third-order valence-corrected chi connectivity index (χ3v) is 6.85. The first-order valence-corrected chi connectivity index (χ1v) is 11.9. The highest BCUT2D eigenvalue weighted by Gasteiger charge is 2.22. The number of hydrogen-bond acceptors (Lipinski definition) is 3. The van der Waals surface area contributed by atoms with E-state index in [2.05, 4.69) is 48.5 Å². The average molecular weight is 469 g/mol. The highest BCUT2D eigenvalue weighted by molar-refractivity contribution is 5.91. The molecule has 0 aliphatic rings. The van der Waals surface area contributed by atoms with Crippen LogP contribution in [0.2, 0.25) is 0 Å². The Morgan fingerprint density at radius 1 is 0.444 bits per heavy atom. The molecule has 174 valence electrons. The molecule has 3 N–H and O–H groups in total. The molecule has 0 spiro atoms. The molecule has 1 atom stereocenters. The van der Waals surface area contributed by atoms with Crippen LogP contribution in [0.3, 0.4) is 0 Å². The number of aromatic hydroxyl groups is 3. The monoisotopic (exact) mass is 468 g/mol. The second kappa shape index (κ2) is 8.79. The van der Waals surface area contributed by atoms with Crippen LogP contribution < -0.4 is 0 Å². The van der Waals surface area contributed by atoms with Crippen LogP contribution in [0.5, 0.6) is 17.2 Å². The van der Waals surface area contributed by atoms with E-state index < -0.39 is 0 Å². The Morgan fingerprint density at radius 2 is 1.06 bits per heavy atom. The number of phenolic OH excluding ortho intramolecular Hbond substituents is 3. The van der Waals surface area contributed by atoms with Crippen molar-refractivity contribution in [3.05, 3.63) is 138 Å². The van der Waals surface area contributed by atoms with Gasteiger partial charge in [0.05, 0.1) is 0 Å². The molecular weight excluding hydrogens is 444 g/mol. The predicted molar refractivity (Wildman–Crippen MR) is 146 cm³/mol. The van der Waals surface area contributed by atoms with Crippen molar-refractivity contribution in [3.63, 3.8) is 0 Å². The number of hydrogen-bond donors (Lipinski definition) is 3. The fourth-order valence-corrected chi connectivity index (χ4v) is 5.02. The zero-order valence-corrected chi connectivity index (χ0v) is 19.5. The Labute approximate surface area is 209 Å². The molecule has 3 heteroatoms. The van der Waals surface area contributed by atoms with Crippen molar-refractivity contribution < 1.29 is 15.3 Å². The van der Waals surface area contributed by atoms with Gasteiger partial charge in [-0.15, -0.1) is 0 Å². The molecule has 6 rings (SSSR count). The van der Waals surface area contributed by atoms with Crippen molar-refractivity contribution in [2.45, 2.75) is 5.92 Å². The Kier molecular flexibility index (Phi) is 5.31. The van der Waals surface area contributed by atoms with E-state index >= 15 is 0 Å². The Morgan fingerprint density at radius 3 is 1.83 bits per heavy atom. The van der Waals surface area contributed by atoms with Gasteiger partial charge in [0.15, 0.2) is 0 Å². The fourth-order valence-electron chi connectivity index (χ4n) is 5.02. The smallest absolute Gasteiger partial charge is 0.127 e. The van der Waals surface area contributed by atoms with Gasteiger partial charge in [0.25, 0.3) is 0 Å². The summed E-state index contributed by atoms with van der Waals surface area (Å²) >= 11 is 0. The summed E-state index contributed by atoms with van der Waals surface area (Å²) in [6.07, 6.45) is 0. The maximum absolute atomic E-state index is 11.4. The Bertz CT molecular complexity index is 1700. The van der Waals surface area contributed by atoms with Gasteiger partial charge in [0, 0.05) is 16.9 Å². The van der Waals surface area contributed by atoms with E-state index in [-0.39, 0.29) is 23.2 Å². The summed E-state index contributed by atoms with van der Waals surface area (Å²) < 4.78 is 0. The topological polar surface area (TPSA) is 60.7 Å². The Balaban J connectivity index is 1.55. The van der Waals surface area contributed by atoms with Gasteiger partial charge in [-0.25, -0.2) is 0 Å². The summed E-state index contributed by atoms with van der Waals surface area (Å²) in [6.45, 7) is 0. The van der Waals surface area contributed by atoms with E-state index in [0.717, 1.165) is 44.0 Å². The molecular formula is C33H24O3. The van der Waals surface area contributed by atoms with Crippen molar-refractivity contribution in [1.82, 2.24) is 0 Å². The summed E-state index contributed by atoms with van der Waals surface area (Å²) in [5.41, 5.74) is 5.04. The molecule has 0 heterocycles. The minimum atomic E-state index is -0.256. The average Bonchev–Trinajstić information content (AvgIpc) is 2.91. The second-order valence-corrected chi connectivity index (χ2v) is 9.12. The van der Waals surface area contributed by atoms with Gasteiger partial charge in [-0.1, -0.05) is 97.1 Å². The van der Waals surface area contributed by atoms with Gasteiger partial charge >= 0.3 is 0 Å². The molecule has 6 aromatic carbocycles. The van der Waals surface area contributed by atoms with Crippen molar-refractivity contribution in [2.75, 3.05) is 0 Å². The fraction of sp³-hybridized carbons (Fsp3) is 0.0303. The molecule has 0 aromatic heterocycles. The van der Waals surface area contributed by atoms with E-state index in [1.54, 1.807) is 30.3 Å². The third-order valence-electron chi connectivity index (χ3n) is 6.85. The van der Waals surface area contributed by atoms with Crippen molar-refractivity contribution in [2.24, 2.45) is 0 Å². The third kappa shape index (κ3) is 3.91. The van der Waals surface area contributed by atoms with E-state index in [9.17, 15) is 15.3 Å². The molecule has 36 heavy (non-hydrogen) atoms. The van der Waals surface area contributed by atoms with Crippen LogP contribution in [-0.4, -0.2) is 15.3 Å². The molecule has 0 saturated heterocycles. The molecule has 6 aromatic rings. The van der Waals surface area contributed by atoms with Crippen LogP contribution >= 0.6 is 0 Å². The minimum Gasteiger partial charge on any atom is -0.508 e. The van der Waals surface area contributed by atoms with Crippen LogP contribution in [0.25, 0.3) is 32.7 Å². The summed E-state index contributed by atoms with van der Waals surface area (Å²) in [4.78, 5) is 0. The second-order valence-electron chi connectivity index (χ2n) is 9.12. The van der Waals surface area contributed by atoms with E-state index in [4.69, 9.17) is 0 Å². The minimum absolute atomic E-state index is 0.111. The predicted octanol–water partition coefficient (Wildman–Crippen LogP) is 7.96. The van der Waals surface area contributed by atoms with Crippen LogP contribution in [0.15, 0.2) is 121 Å². The first-order chi connectivity index (χ1) is 17.6. The van der Waals surface area contributed by atoms with Gasteiger partial charge in [-0.05, 0) is 62.7 Å². The van der Waals surface area contributed by atoms with Gasteiger partial charge < -0.3 is 15.3 Å². The zero-order valence-electron chi connectivity index (χ0n) is 19.5. The quantitative estimate of drug-likeness (QED) is 0.230. The lowest BCUT2D eigenvalue weighted by atomic mass is 9.82. The van der Waals surface area contributed by atoms with Gasteiger partial charge in [0.2, 0.25) is 0 Å². The maximum Gasteiger partial charge on any atom is 0.127 e. The lowest BCUT2D eigenvalue weighted by molar-refractivity contribution is 0.468. The largest absolute Gasteiger partial charge is 0.508 e. The molecule has 0 aliphatic carbocycles. The van der Waals surface area contributed by atoms with Crippen LogP contribution in [-0.2, 0) is 0 Å². The van der Waals surface area contributed by atoms with Gasteiger partial charge in [0.1, 0.15) is 17.2 Å². The number of fused-ring (bicyclic) bond motifs is 2. The molecule has 3 nitrogen and oxygen atoms in total. The summed E-state index contributed by atoms with van der Waals surface area (Å²) in [6, 6.07) is 39.1. The molecule has 0 bridgehead atoms. The van der Waals surface area contributed by atoms with E-state index in [1.807, 2.05) is 42.5 Å². The summed E-state index contributed by atoms with van der Waals surface area (Å²) in [7, 11) is 0. The van der Waals surface area contributed by atoms with Crippen LogP contribution in [0.4, 0.5) is 0 Å². The van der Waals surface area contributed by atoms with E-state index in [0.29, 0.717) is 5.39 Å².